The van der Waals surface area contributed by atoms with Gasteiger partial charge in [0.1, 0.15) is 0 Å². The lowest BCUT2D eigenvalue weighted by Gasteiger charge is -2.43. The summed E-state index contributed by atoms with van der Waals surface area (Å²) in [4.78, 5) is 4.79. The molecule has 1 fully saturated rings. The van der Waals surface area contributed by atoms with Crippen LogP contribution in [0.2, 0.25) is 0 Å². The van der Waals surface area contributed by atoms with Gasteiger partial charge in [-0.15, -0.1) is 0 Å². The molecule has 0 amide bonds. The van der Waals surface area contributed by atoms with E-state index < -0.39 is 0 Å². The SMILES string of the molecule is CCN1CCN(C(CO)c2cc(OC)c(OC)c(OC)c2)C(C)C1. The van der Waals surface area contributed by atoms with E-state index >= 15 is 0 Å². The summed E-state index contributed by atoms with van der Waals surface area (Å²) < 4.78 is 16.3. The highest BCUT2D eigenvalue weighted by atomic mass is 16.5. The van der Waals surface area contributed by atoms with Gasteiger partial charge in [-0.25, -0.2) is 0 Å². The van der Waals surface area contributed by atoms with Crippen LogP contribution in [-0.2, 0) is 0 Å². The fraction of sp³-hybridized carbons (Fsp3) is 0.667. The number of likely N-dealkylation sites (N-methyl/N-ethyl adjacent to an activating group) is 1. The molecule has 136 valence electrons. The van der Waals surface area contributed by atoms with Crippen molar-refractivity contribution < 1.29 is 19.3 Å². The second-order valence-electron chi connectivity index (χ2n) is 6.14. The minimum atomic E-state index is -0.0901. The molecule has 1 aromatic rings. The Balaban J connectivity index is 2.33. The highest BCUT2D eigenvalue weighted by molar-refractivity contribution is 5.54. The first-order valence-electron chi connectivity index (χ1n) is 8.48. The molecular formula is C18H30N2O4. The number of piperazine rings is 1. The average molecular weight is 338 g/mol. The van der Waals surface area contributed by atoms with Gasteiger partial charge in [0.2, 0.25) is 5.75 Å². The van der Waals surface area contributed by atoms with Crippen molar-refractivity contribution in [2.45, 2.75) is 25.9 Å². The molecule has 6 nitrogen and oxygen atoms in total. The lowest BCUT2D eigenvalue weighted by molar-refractivity contribution is 0.0269. The number of aliphatic hydroxyl groups is 1. The quantitative estimate of drug-likeness (QED) is 0.818. The summed E-state index contributed by atoms with van der Waals surface area (Å²) in [5, 5.41) is 10.1. The number of nitrogens with zero attached hydrogens (tertiary/aromatic N) is 2. The third-order valence-corrected chi connectivity index (χ3v) is 4.86. The van der Waals surface area contributed by atoms with E-state index in [9.17, 15) is 5.11 Å². The Labute approximate surface area is 144 Å². The minimum Gasteiger partial charge on any atom is -0.493 e. The van der Waals surface area contributed by atoms with Gasteiger partial charge in [0.05, 0.1) is 34.0 Å². The number of methoxy groups -OCH3 is 3. The molecule has 1 aliphatic heterocycles. The Hall–Kier alpha value is -1.50. The molecule has 0 saturated carbocycles. The first-order chi connectivity index (χ1) is 11.6. The van der Waals surface area contributed by atoms with Crippen molar-refractivity contribution in [3.63, 3.8) is 0 Å². The van der Waals surface area contributed by atoms with Crippen LogP contribution < -0.4 is 14.2 Å². The van der Waals surface area contributed by atoms with Crippen LogP contribution in [0, 0.1) is 0 Å². The Morgan fingerprint density at radius 3 is 2.17 bits per heavy atom. The normalized spacial score (nSPS) is 20.7. The number of aliphatic hydroxyl groups excluding tert-OH is 1. The van der Waals surface area contributed by atoms with Crippen LogP contribution in [0.25, 0.3) is 0 Å². The van der Waals surface area contributed by atoms with Gasteiger partial charge < -0.3 is 24.2 Å². The van der Waals surface area contributed by atoms with Crippen molar-refractivity contribution >= 4 is 0 Å². The fourth-order valence-corrected chi connectivity index (χ4v) is 3.49. The average Bonchev–Trinajstić information content (AvgIpc) is 2.62. The predicted molar refractivity (Wildman–Crippen MR) is 94.2 cm³/mol. The second kappa shape index (κ2) is 8.55. The summed E-state index contributed by atoms with van der Waals surface area (Å²) >= 11 is 0. The van der Waals surface area contributed by atoms with E-state index in [-0.39, 0.29) is 12.6 Å². The van der Waals surface area contributed by atoms with E-state index in [0.29, 0.717) is 23.3 Å². The zero-order valence-electron chi connectivity index (χ0n) is 15.4. The van der Waals surface area contributed by atoms with Gasteiger partial charge in [-0.1, -0.05) is 6.92 Å². The second-order valence-corrected chi connectivity index (χ2v) is 6.14. The topological polar surface area (TPSA) is 54.4 Å². The van der Waals surface area contributed by atoms with Crippen molar-refractivity contribution in [1.29, 1.82) is 0 Å². The van der Waals surface area contributed by atoms with Crippen LogP contribution in [0.1, 0.15) is 25.5 Å². The van der Waals surface area contributed by atoms with Gasteiger partial charge in [-0.05, 0) is 31.2 Å². The molecule has 0 aliphatic carbocycles. The molecule has 0 radical (unpaired) electrons. The van der Waals surface area contributed by atoms with Crippen LogP contribution in [0.3, 0.4) is 0 Å². The largest absolute Gasteiger partial charge is 0.493 e. The monoisotopic (exact) mass is 338 g/mol. The van der Waals surface area contributed by atoms with Crippen LogP contribution in [0.5, 0.6) is 17.2 Å². The maximum atomic E-state index is 10.1. The lowest BCUT2D eigenvalue weighted by Crippen LogP contribution is -2.53. The summed E-state index contributed by atoms with van der Waals surface area (Å²) in [5.74, 6) is 1.81. The van der Waals surface area contributed by atoms with E-state index in [1.54, 1.807) is 21.3 Å². The highest BCUT2D eigenvalue weighted by Crippen LogP contribution is 2.41. The molecule has 24 heavy (non-hydrogen) atoms. The summed E-state index contributed by atoms with van der Waals surface area (Å²) in [6.45, 7) is 8.46. The molecule has 0 spiro atoms. The van der Waals surface area contributed by atoms with Gasteiger partial charge in [0, 0.05) is 25.7 Å². The zero-order valence-corrected chi connectivity index (χ0v) is 15.4. The third kappa shape index (κ3) is 3.77. The summed E-state index contributed by atoms with van der Waals surface area (Å²) in [5.41, 5.74) is 0.976. The first-order valence-corrected chi connectivity index (χ1v) is 8.48. The molecule has 0 aromatic heterocycles. The van der Waals surface area contributed by atoms with E-state index in [0.717, 1.165) is 31.7 Å². The maximum Gasteiger partial charge on any atom is 0.203 e. The summed E-state index contributed by atoms with van der Waals surface area (Å²) in [7, 11) is 4.81. The smallest absolute Gasteiger partial charge is 0.203 e. The van der Waals surface area contributed by atoms with Crippen LogP contribution >= 0.6 is 0 Å². The molecule has 0 bridgehead atoms. The Morgan fingerprint density at radius 2 is 1.75 bits per heavy atom. The molecule has 2 atom stereocenters. The van der Waals surface area contributed by atoms with E-state index in [1.807, 2.05) is 12.1 Å². The third-order valence-electron chi connectivity index (χ3n) is 4.86. The van der Waals surface area contributed by atoms with E-state index in [4.69, 9.17) is 14.2 Å². The van der Waals surface area contributed by atoms with Gasteiger partial charge in [0.15, 0.2) is 11.5 Å². The maximum absolute atomic E-state index is 10.1. The Bertz CT molecular complexity index is 513. The minimum absolute atomic E-state index is 0.0507. The fourth-order valence-electron chi connectivity index (χ4n) is 3.49. The van der Waals surface area contributed by atoms with Crippen LogP contribution in [0.4, 0.5) is 0 Å². The molecule has 6 heteroatoms. The molecule has 1 heterocycles. The van der Waals surface area contributed by atoms with Crippen molar-refractivity contribution in [3.8, 4) is 17.2 Å². The molecular weight excluding hydrogens is 308 g/mol. The summed E-state index contributed by atoms with van der Waals surface area (Å²) in [6.07, 6.45) is 0. The lowest BCUT2D eigenvalue weighted by atomic mass is 10.0. The van der Waals surface area contributed by atoms with Crippen LogP contribution in [-0.4, -0.2) is 75.1 Å². The number of hydrogen-bond acceptors (Lipinski definition) is 6. The molecule has 1 aliphatic rings. The number of ether oxygens (including phenoxy) is 3. The van der Waals surface area contributed by atoms with Gasteiger partial charge >= 0.3 is 0 Å². The van der Waals surface area contributed by atoms with Crippen LogP contribution in [0.15, 0.2) is 12.1 Å². The van der Waals surface area contributed by atoms with Gasteiger partial charge in [0.25, 0.3) is 0 Å². The Morgan fingerprint density at radius 1 is 1.12 bits per heavy atom. The van der Waals surface area contributed by atoms with E-state index in [2.05, 4.69) is 23.6 Å². The molecule has 2 rings (SSSR count). The van der Waals surface area contributed by atoms with Gasteiger partial charge in [-0.2, -0.15) is 0 Å². The Kier molecular flexibility index (Phi) is 6.71. The van der Waals surface area contributed by atoms with Crippen molar-refractivity contribution in [2.24, 2.45) is 0 Å². The van der Waals surface area contributed by atoms with Gasteiger partial charge in [-0.3, -0.25) is 4.90 Å². The molecule has 1 saturated heterocycles. The predicted octanol–water partition coefficient (Wildman–Crippen LogP) is 1.77. The molecule has 1 N–H and O–H groups in total. The first kappa shape index (κ1) is 18.8. The van der Waals surface area contributed by atoms with Crippen molar-refractivity contribution in [1.82, 2.24) is 9.80 Å². The zero-order chi connectivity index (χ0) is 17.7. The van der Waals surface area contributed by atoms with Crippen molar-refractivity contribution in [2.75, 3.05) is 54.1 Å². The number of rotatable bonds is 7. The highest BCUT2D eigenvalue weighted by Gasteiger charge is 2.30. The number of benzene rings is 1. The summed E-state index contributed by atoms with van der Waals surface area (Å²) in [6, 6.07) is 4.14. The molecule has 2 unspecified atom stereocenters. The molecule has 1 aromatic carbocycles. The number of hydrogen-bond donors (Lipinski definition) is 1. The van der Waals surface area contributed by atoms with E-state index in [1.165, 1.54) is 0 Å². The van der Waals surface area contributed by atoms with Crippen molar-refractivity contribution in [3.05, 3.63) is 17.7 Å². The standard InChI is InChI=1S/C18H30N2O4/c1-6-19-7-8-20(13(2)11-19)15(12-21)14-9-16(22-3)18(24-5)17(10-14)23-4/h9-10,13,15,21H,6-8,11-12H2,1-5H3.